The molecule has 0 aliphatic rings. The molecule has 3 rings (SSSR count). The highest BCUT2D eigenvalue weighted by atomic mass is 19.1. The first kappa shape index (κ1) is 21.5. The highest BCUT2D eigenvalue weighted by Gasteiger charge is 2.18. The van der Waals surface area contributed by atoms with E-state index in [1.807, 2.05) is 0 Å². The van der Waals surface area contributed by atoms with E-state index in [4.69, 9.17) is 4.74 Å². The summed E-state index contributed by atoms with van der Waals surface area (Å²) < 4.78 is 18.4. The third kappa shape index (κ3) is 5.89. The Morgan fingerprint density at radius 2 is 1.45 bits per heavy atom. The smallest absolute Gasteiger partial charge is 0.279 e. The Kier molecular flexibility index (Phi) is 6.95. The summed E-state index contributed by atoms with van der Waals surface area (Å²) in [6.07, 6.45) is -0.946. The molecular weight excluding hydrogens is 401 g/mol. The predicted octanol–water partition coefficient (Wildman–Crippen LogP) is 3.31. The summed E-state index contributed by atoms with van der Waals surface area (Å²) in [6.45, 7) is 1.48. The van der Waals surface area contributed by atoms with Crippen LogP contribution in [0.1, 0.15) is 27.6 Å². The van der Waals surface area contributed by atoms with Crippen molar-refractivity contribution in [2.24, 2.45) is 0 Å². The second-order valence-electron chi connectivity index (χ2n) is 6.52. The van der Waals surface area contributed by atoms with Crippen molar-refractivity contribution in [1.82, 2.24) is 10.9 Å². The van der Waals surface area contributed by atoms with E-state index in [2.05, 4.69) is 16.2 Å². The zero-order valence-electron chi connectivity index (χ0n) is 16.6. The van der Waals surface area contributed by atoms with Gasteiger partial charge in [0.05, 0.1) is 11.3 Å². The molecule has 3 N–H and O–H groups in total. The molecule has 0 aliphatic carbocycles. The zero-order valence-corrected chi connectivity index (χ0v) is 16.6. The van der Waals surface area contributed by atoms with Crippen molar-refractivity contribution < 1.29 is 23.5 Å². The molecule has 158 valence electrons. The third-order valence-corrected chi connectivity index (χ3v) is 4.25. The average molecular weight is 421 g/mol. The Morgan fingerprint density at radius 3 is 2.16 bits per heavy atom. The number of para-hydroxylation sites is 1. The Balaban J connectivity index is 1.59. The average Bonchev–Trinajstić information content (AvgIpc) is 2.79. The van der Waals surface area contributed by atoms with E-state index in [0.717, 1.165) is 0 Å². The maximum atomic E-state index is 13.0. The molecule has 1 unspecified atom stereocenters. The first-order valence-electron chi connectivity index (χ1n) is 9.42. The van der Waals surface area contributed by atoms with E-state index in [9.17, 15) is 18.8 Å². The zero-order chi connectivity index (χ0) is 22.2. The number of hydrogen-bond donors (Lipinski definition) is 3. The highest BCUT2D eigenvalue weighted by molar-refractivity contribution is 6.09. The van der Waals surface area contributed by atoms with Crippen LogP contribution in [0.4, 0.5) is 10.1 Å². The fraction of sp³-hybridized carbons (Fsp3) is 0.0870. The van der Waals surface area contributed by atoms with Crippen LogP contribution in [-0.4, -0.2) is 23.8 Å². The van der Waals surface area contributed by atoms with Gasteiger partial charge in [-0.05, 0) is 55.5 Å². The lowest BCUT2D eigenvalue weighted by atomic mass is 10.1. The van der Waals surface area contributed by atoms with Crippen molar-refractivity contribution >= 4 is 23.4 Å². The molecule has 0 spiro atoms. The van der Waals surface area contributed by atoms with Crippen LogP contribution in [0.2, 0.25) is 0 Å². The molecule has 3 amide bonds. The van der Waals surface area contributed by atoms with Crippen LogP contribution < -0.4 is 20.9 Å². The van der Waals surface area contributed by atoms with E-state index in [-0.39, 0.29) is 11.5 Å². The van der Waals surface area contributed by atoms with Crippen LogP contribution in [0.25, 0.3) is 0 Å². The lowest BCUT2D eigenvalue weighted by Gasteiger charge is -2.16. The molecule has 0 saturated heterocycles. The van der Waals surface area contributed by atoms with Gasteiger partial charge < -0.3 is 10.1 Å². The van der Waals surface area contributed by atoms with E-state index in [0.29, 0.717) is 17.0 Å². The highest BCUT2D eigenvalue weighted by Crippen LogP contribution is 2.16. The van der Waals surface area contributed by atoms with Gasteiger partial charge in [0.1, 0.15) is 11.6 Å². The molecule has 0 aliphatic heterocycles. The number of hydrazine groups is 1. The van der Waals surface area contributed by atoms with Crippen LogP contribution in [0.5, 0.6) is 5.75 Å². The van der Waals surface area contributed by atoms with E-state index < -0.39 is 23.7 Å². The van der Waals surface area contributed by atoms with Gasteiger partial charge >= 0.3 is 0 Å². The van der Waals surface area contributed by atoms with Crippen molar-refractivity contribution in [2.75, 3.05) is 5.32 Å². The summed E-state index contributed by atoms with van der Waals surface area (Å²) in [5.41, 5.74) is 5.47. The number of benzene rings is 3. The summed E-state index contributed by atoms with van der Waals surface area (Å²) in [6, 6.07) is 20.2. The molecule has 3 aromatic carbocycles. The number of carbonyl (C=O) groups is 3. The lowest BCUT2D eigenvalue weighted by molar-refractivity contribution is -0.128. The minimum atomic E-state index is -0.946. The number of carbonyl (C=O) groups excluding carboxylic acids is 3. The normalized spacial score (nSPS) is 11.2. The first-order valence-corrected chi connectivity index (χ1v) is 9.42. The number of ether oxygens (including phenoxy) is 1. The van der Waals surface area contributed by atoms with Crippen LogP contribution >= 0.6 is 0 Å². The van der Waals surface area contributed by atoms with Crippen molar-refractivity contribution in [2.45, 2.75) is 13.0 Å². The maximum absolute atomic E-state index is 13.0. The Hall–Kier alpha value is -4.20. The molecule has 7 nitrogen and oxygen atoms in total. The van der Waals surface area contributed by atoms with Crippen LogP contribution in [-0.2, 0) is 4.79 Å². The molecule has 8 heteroatoms. The quantitative estimate of drug-likeness (QED) is 0.532. The van der Waals surface area contributed by atoms with E-state index >= 15 is 0 Å². The number of amides is 3. The maximum Gasteiger partial charge on any atom is 0.279 e. The molecular formula is C23H20FN3O4. The number of nitrogens with one attached hydrogen (secondary N) is 3. The fourth-order valence-corrected chi connectivity index (χ4v) is 2.63. The molecule has 0 fully saturated rings. The van der Waals surface area contributed by atoms with Gasteiger partial charge in [-0.25, -0.2) is 4.39 Å². The van der Waals surface area contributed by atoms with Crippen molar-refractivity contribution in [3.8, 4) is 5.75 Å². The van der Waals surface area contributed by atoms with Crippen molar-refractivity contribution in [3.05, 3.63) is 95.8 Å². The van der Waals surface area contributed by atoms with Crippen molar-refractivity contribution in [3.63, 3.8) is 0 Å². The standard InChI is InChI=1S/C23H20FN3O4/c1-15(31-18-13-11-17(24)12-14-18)21(28)26-27-23(30)19-9-5-6-10-20(19)25-22(29)16-7-3-2-4-8-16/h2-15H,1H3,(H,25,29)(H,26,28)(H,27,30). The van der Waals surface area contributed by atoms with E-state index in [1.54, 1.807) is 48.5 Å². The fourth-order valence-electron chi connectivity index (χ4n) is 2.63. The van der Waals surface area contributed by atoms with Gasteiger partial charge in [-0.1, -0.05) is 30.3 Å². The summed E-state index contributed by atoms with van der Waals surface area (Å²) in [7, 11) is 0. The van der Waals surface area contributed by atoms with Crippen LogP contribution in [0.3, 0.4) is 0 Å². The Labute approximate surface area is 178 Å². The molecule has 0 bridgehead atoms. The van der Waals surface area contributed by atoms with E-state index in [1.165, 1.54) is 37.3 Å². The van der Waals surface area contributed by atoms with Gasteiger partial charge in [-0.15, -0.1) is 0 Å². The molecule has 0 heterocycles. The molecule has 31 heavy (non-hydrogen) atoms. The summed E-state index contributed by atoms with van der Waals surface area (Å²) >= 11 is 0. The number of anilines is 1. The minimum Gasteiger partial charge on any atom is -0.481 e. The van der Waals surface area contributed by atoms with Gasteiger partial charge in [0, 0.05) is 5.56 Å². The molecule has 0 saturated carbocycles. The second-order valence-corrected chi connectivity index (χ2v) is 6.52. The number of halogens is 1. The van der Waals surface area contributed by atoms with Crippen LogP contribution in [0, 0.1) is 5.82 Å². The summed E-state index contributed by atoms with van der Waals surface area (Å²) in [5, 5.41) is 2.69. The largest absolute Gasteiger partial charge is 0.481 e. The lowest BCUT2D eigenvalue weighted by Crippen LogP contribution is -2.47. The first-order chi connectivity index (χ1) is 14.9. The molecule has 0 aromatic heterocycles. The topological polar surface area (TPSA) is 96.5 Å². The van der Waals surface area contributed by atoms with Crippen molar-refractivity contribution in [1.29, 1.82) is 0 Å². The van der Waals surface area contributed by atoms with Gasteiger partial charge in [-0.2, -0.15) is 0 Å². The van der Waals surface area contributed by atoms with Gasteiger partial charge in [0.2, 0.25) is 0 Å². The monoisotopic (exact) mass is 421 g/mol. The number of hydrogen-bond acceptors (Lipinski definition) is 4. The Morgan fingerprint density at radius 1 is 0.806 bits per heavy atom. The third-order valence-electron chi connectivity index (χ3n) is 4.25. The van der Waals surface area contributed by atoms with Gasteiger partial charge in [-0.3, -0.25) is 25.2 Å². The number of rotatable bonds is 6. The minimum absolute atomic E-state index is 0.166. The predicted molar refractivity (Wildman–Crippen MR) is 113 cm³/mol. The molecule has 1 atom stereocenters. The second kappa shape index (κ2) is 10.0. The molecule has 0 radical (unpaired) electrons. The molecule has 3 aromatic rings. The summed E-state index contributed by atoms with van der Waals surface area (Å²) in [5.74, 6) is -1.71. The van der Waals surface area contributed by atoms with Crippen LogP contribution in [0.15, 0.2) is 78.9 Å². The van der Waals surface area contributed by atoms with Gasteiger partial charge in [0.15, 0.2) is 6.10 Å². The van der Waals surface area contributed by atoms with Gasteiger partial charge in [0.25, 0.3) is 17.7 Å². The summed E-state index contributed by atoms with van der Waals surface area (Å²) in [4.78, 5) is 37.1. The Bertz CT molecular complexity index is 1070. The SMILES string of the molecule is CC(Oc1ccc(F)cc1)C(=O)NNC(=O)c1ccccc1NC(=O)c1ccccc1.